The Balaban J connectivity index is 0.998. The molecule has 0 bridgehead atoms. The van der Waals surface area contributed by atoms with E-state index in [2.05, 4.69) is 259 Å². The van der Waals surface area contributed by atoms with E-state index in [0.29, 0.717) is 0 Å². The van der Waals surface area contributed by atoms with Gasteiger partial charge in [0.2, 0.25) is 0 Å². The lowest BCUT2D eigenvalue weighted by Gasteiger charge is -2.45. The first kappa shape index (κ1) is 44.9. The SMILES string of the molecule is CC(C)(C)c1ccc2c(c1)N(c1ccc3c(c1)C(C)(C)c1ccccc1-3)c1cc(C(C)(C)C)cc3c1B2c1cc(-c2cccc4c2oc2ccccc24)ccc1N3c1ccc(-c2cccc3c2oc2ccccc23)cc1. The summed E-state index contributed by atoms with van der Waals surface area (Å²) in [5.74, 6) is 0. The summed E-state index contributed by atoms with van der Waals surface area (Å²) in [6.07, 6.45) is 0. The molecule has 0 N–H and O–H groups in total. The van der Waals surface area contributed by atoms with Gasteiger partial charge in [0.1, 0.15) is 22.3 Å². The highest BCUT2D eigenvalue weighted by atomic mass is 16.3. The minimum Gasteiger partial charge on any atom is -0.455 e. The van der Waals surface area contributed by atoms with Crippen molar-refractivity contribution in [3.63, 3.8) is 0 Å². The fraction of sp³-hybridized carbons (Fsp3) is 0.155. The maximum Gasteiger partial charge on any atom is 0.252 e. The lowest BCUT2D eigenvalue weighted by molar-refractivity contribution is 0.590. The van der Waals surface area contributed by atoms with Crippen molar-refractivity contribution in [3.8, 4) is 33.4 Å². The second kappa shape index (κ2) is 15.8. The predicted octanol–water partition coefficient (Wildman–Crippen LogP) is 17.8. The third kappa shape index (κ3) is 6.44. The number of furan rings is 2. The van der Waals surface area contributed by atoms with Gasteiger partial charge in [0.15, 0.2) is 0 Å². The number of fused-ring (bicyclic) bond motifs is 13. The molecule has 15 rings (SSSR count). The first-order valence-electron chi connectivity index (χ1n) is 26.9. The van der Waals surface area contributed by atoms with Crippen LogP contribution in [-0.4, -0.2) is 6.71 Å². The third-order valence-electron chi connectivity index (χ3n) is 17.2. The molecule has 366 valence electrons. The summed E-state index contributed by atoms with van der Waals surface area (Å²) >= 11 is 0. The van der Waals surface area contributed by atoms with Gasteiger partial charge in [0.05, 0.1) is 0 Å². The summed E-state index contributed by atoms with van der Waals surface area (Å²) in [6, 6.07) is 74.8. The summed E-state index contributed by atoms with van der Waals surface area (Å²) in [7, 11) is 0. The Morgan fingerprint density at radius 1 is 0.382 bits per heavy atom. The number of hydrogen-bond acceptors (Lipinski definition) is 4. The van der Waals surface area contributed by atoms with E-state index in [1.807, 2.05) is 6.07 Å². The minimum absolute atomic E-state index is 0.0806. The maximum absolute atomic E-state index is 6.76. The van der Waals surface area contributed by atoms with Gasteiger partial charge in [-0.25, -0.2) is 0 Å². The molecule has 4 nitrogen and oxygen atoms in total. The van der Waals surface area contributed by atoms with Crippen LogP contribution in [-0.2, 0) is 16.2 Å². The summed E-state index contributed by atoms with van der Waals surface area (Å²) in [5.41, 5.74) is 26.5. The number of nitrogens with zero attached hydrogens (tertiary/aromatic N) is 2. The first-order chi connectivity index (χ1) is 36.7. The highest BCUT2D eigenvalue weighted by Gasteiger charge is 2.45. The molecule has 4 heterocycles. The molecule has 1 aliphatic carbocycles. The zero-order chi connectivity index (χ0) is 51.6. The highest BCUT2D eigenvalue weighted by Crippen LogP contribution is 2.53. The summed E-state index contributed by atoms with van der Waals surface area (Å²) in [4.78, 5) is 5.17. The van der Waals surface area contributed by atoms with Crippen molar-refractivity contribution in [2.75, 3.05) is 9.80 Å². The molecular formula is C71H57BN2O2. The number of hydrogen-bond donors (Lipinski definition) is 0. The van der Waals surface area contributed by atoms with Gasteiger partial charge >= 0.3 is 0 Å². The Bertz CT molecular complexity index is 4420. The fourth-order valence-electron chi connectivity index (χ4n) is 13.2. The van der Waals surface area contributed by atoms with Gasteiger partial charge in [-0.2, -0.15) is 0 Å². The molecule has 3 aliphatic rings. The fourth-order valence-corrected chi connectivity index (χ4v) is 13.2. The molecule has 0 saturated carbocycles. The largest absolute Gasteiger partial charge is 0.455 e. The molecular weight excluding hydrogens is 924 g/mol. The van der Waals surface area contributed by atoms with Gasteiger partial charge in [0.25, 0.3) is 6.71 Å². The third-order valence-corrected chi connectivity index (χ3v) is 17.2. The quantitative estimate of drug-likeness (QED) is 0.165. The van der Waals surface area contributed by atoms with E-state index in [4.69, 9.17) is 8.83 Å². The van der Waals surface area contributed by atoms with Crippen molar-refractivity contribution in [2.24, 2.45) is 0 Å². The summed E-state index contributed by atoms with van der Waals surface area (Å²) < 4.78 is 13.3. The molecule has 2 aromatic heterocycles. The second-order valence-corrected chi connectivity index (χ2v) is 24.1. The molecule has 12 aromatic rings. The number of rotatable bonds is 4. The average molecular weight is 981 g/mol. The molecule has 0 amide bonds. The van der Waals surface area contributed by atoms with E-state index in [0.717, 1.165) is 71.8 Å². The standard InChI is InChI=1S/C71H57BN2O2/c1-69(2,3)44-30-35-58-61(38-44)74(47-33-34-51-50-17-9-12-24-56(50)71(7,8)57(51)41-47)63-40-45(70(4,5)6)39-62-66(63)72(58)59-37-43(49-21-16-23-55-53-19-11-14-26-65(53)76-68(49)55)29-36-60(59)73(62)46-31-27-42(28-32-46)48-20-15-22-54-52-18-10-13-25-64(52)75-67(48)54/h9-41H,1-8H3. The maximum atomic E-state index is 6.76. The molecule has 2 aliphatic heterocycles. The normalized spacial score (nSPS) is 14.3. The molecule has 76 heavy (non-hydrogen) atoms. The lowest BCUT2D eigenvalue weighted by atomic mass is 9.33. The second-order valence-electron chi connectivity index (χ2n) is 24.1. The van der Waals surface area contributed by atoms with Crippen molar-refractivity contribution in [1.82, 2.24) is 0 Å². The Morgan fingerprint density at radius 3 is 1.57 bits per heavy atom. The van der Waals surface area contributed by atoms with Crippen molar-refractivity contribution >= 4 is 101 Å². The molecule has 0 atom stereocenters. The minimum atomic E-state index is -0.169. The van der Waals surface area contributed by atoms with Crippen LogP contribution in [0.3, 0.4) is 0 Å². The van der Waals surface area contributed by atoms with Crippen molar-refractivity contribution in [1.29, 1.82) is 0 Å². The summed E-state index contributed by atoms with van der Waals surface area (Å²) in [6.45, 7) is 18.8. The number of anilines is 6. The Morgan fingerprint density at radius 2 is 0.908 bits per heavy atom. The predicted molar refractivity (Wildman–Crippen MR) is 321 cm³/mol. The van der Waals surface area contributed by atoms with E-state index < -0.39 is 0 Å². The van der Waals surface area contributed by atoms with Gasteiger partial charge < -0.3 is 18.6 Å². The van der Waals surface area contributed by atoms with Crippen LogP contribution < -0.4 is 26.2 Å². The summed E-state index contributed by atoms with van der Waals surface area (Å²) in [5, 5.41) is 4.52. The lowest BCUT2D eigenvalue weighted by Crippen LogP contribution is -2.61. The Hall–Kier alpha value is -8.54. The van der Waals surface area contributed by atoms with Crippen molar-refractivity contribution in [3.05, 3.63) is 222 Å². The first-order valence-corrected chi connectivity index (χ1v) is 26.9. The smallest absolute Gasteiger partial charge is 0.252 e. The molecule has 0 radical (unpaired) electrons. The highest BCUT2D eigenvalue weighted by molar-refractivity contribution is 7.00. The molecule has 0 fully saturated rings. The van der Waals surface area contributed by atoms with Gasteiger partial charge in [-0.3, -0.25) is 0 Å². The van der Waals surface area contributed by atoms with E-state index in [1.165, 1.54) is 78.2 Å². The number of para-hydroxylation sites is 4. The van der Waals surface area contributed by atoms with Crippen LogP contribution in [0.1, 0.15) is 77.6 Å². The average Bonchev–Trinajstić information content (AvgIpc) is 4.21. The van der Waals surface area contributed by atoms with Crippen LogP contribution in [0.5, 0.6) is 0 Å². The van der Waals surface area contributed by atoms with Gasteiger partial charge in [-0.05, 0) is 132 Å². The Labute approximate surface area is 444 Å². The molecule has 5 heteroatoms. The van der Waals surface area contributed by atoms with Crippen LogP contribution in [0, 0.1) is 0 Å². The topological polar surface area (TPSA) is 32.8 Å². The van der Waals surface area contributed by atoms with Crippen molar-refractivity contribution in [2.45, 2.75) is 71.6 Å². The van der Waals surface area contributed by atoms with Crippen LogP contribution in [0.2, 0.25) is 0 Å². The van der Waals surface area contributed by atoms with E-state index in [1.54, 1.807) is 0 Å². The van der Waals surface area contributed by atoms with E-state index in [9.17, 15) is 0 Å². The van der Waals surface area contributed by atoms with Crippen LogP contribution >= 0.6 is 0 Å². The van der Waals surface area contributed by atoms with Crippen molar-refractivity contribution < 1.29 is 8.83 Å². The molecule has 0 spiro atoms. The van der Waals surface area contributed by atoms with Crippen LogP contribution in [0.15, 0.2) is 209 Å². The van der Waals surface area contributed by atoms with Gasteiger partial charge in [0, 0.05) is 72.2 Å². The van der Waals surface area contributed by atoms with E-state index in [-0.39, 0.29) is 23.0 Å². The number of benzene rings is 10. The Kier molecular flexibility index (Phi) is 9.31. The van der Waals surface area contributed by atoms with Gasteiger partial charge in [-0.15, -0.1) is 0 Å². The zero-order valence-electron chi connectivity index (χ0n) is 44.3. The van der Waals surface area contributed by atoms with Crippen LogP contribution in [0.25, 0.3) is 77.3 Å². The monoisotopic (exact) mass is 980 g/mol. The molecule has 0 unspecified atom stereocenters. The molecule has 0 saturated heterocycles. The molecule has 10 aromatic carbocycles. The zero-order valence-corrected chi connectivity index (χ0v) is 44.3. The van der Waals surface area contributed by atoms with Gasteiger partial charge in [-0.1, -0.05) is 195 Å². The van der Waals surface area contributed by atoms with Crippen LogP contribution in [0.4, 0.5) is 34.1 Å². The van der Waals surface area contributed by atoms with E-state index >= 15 is 0 Å².